The van der Waals surface area contributed by atoms with E-state index in [9.17, 15) is 22.8 Å². The normalized spacial score (nSPS) is 13.3. The summed E-state index contributed by atoms with van der Waals surface area (Å²) in [6, 6.07) is 11.9. The van der Waals surface area contributed by atoms with Gasteiger partial charge >= 0.3 is 5.97 Å². The Kier molecular flexibility index (Phi) is 5.95. The van der Waals surface area contributed by atoms with E-state index in [1.807, 2.05) is 0 Å². The number of nitrogens with zero attached hydrogens (tertiary/aromatic N) is 1. The number of hydrogen-bond acceptors (Lipinski definition) is 7. The molecule has 3 rings (SSSR count). The van der Waals surface area contributed by atoms with Gasteiger partial charge in [-0.05, 0) is 43.3 Å². The van der Waals surface area contributed by atoms with E-state index >= 15 is 0 Å². The summed E-state index contributed by atoms with van der Waals surface area (Å²) >= 11 is 0. The Hall–Kier alpha value is -3.24. The van der Waals surface area contributed by atoms with E-state index in [1.165, 1.54) is 36.4 Å². The standard InChI is InChI=1S/C19H18N2O7S/c1-2-27-13-7-9-14(10-8-13)29(25,26)20-11-17(22)28-12-21-18(23)15-5-3-4-6-16(15)19(21)24/h3-10,20H,2,11-12H2,1H3. The number of sulfonamides is 1. The van der Waals surface area contributed by atoms with E-state index in [4.69, 9.17) is 9.47 Å². The van der Waals surface area contributed by atoms with Gasteiger partial charge in [0.2, 0.25) is 10.0 Å². The van der Waals surface area contributed by atoms with Gasteiger partial charge in [0.25, 0.3) is 11.8 Å². The summed E-state index contributed by atoms with van der Waals surface area (Å²) in [6.45, 7) is 0.998. The summed E-state index contributed by atoms with van der Waals surface area (Å²) in [5.41, 5.74) is 0.453. The Balaban J connectivity index is 1.54. The maximum atomic E-state index is 12.2. The molecule has 1 N–H and O–H groups in total. The lowest BCUT2D eigenvalue weighted by Crippen LogP contribution is -2.36. The molecule has 0 aromatic heterocycles. The van der Waals surface area contributed by atoms with Gasteiger partial charge < -0.3 is 9.47 Å². The van der Waals surface area contributed by atoms with Crippen LogP contribution in [0.3, 0.4) is 0 Å². The van der Waals surface area contributed by atoms with Crippen LogP contribution in [0.15, 0.2) is 53.4 Å². The third kappa shape index (κ3) is 4.44. The van der Waals surface area contributed by atoms with E-state index in [2.05, 4.69) is 4.72 Å². The molecular formula is C19H18N2O7S. The molecule has 1 aliphatic rings. The first-order valence-electron chi connectivity index (χ1n) is 8.67. The summed E-state index contributed by atoms with van der Waals surface area (Å²) in [5.74, 6) is -1.57. The molecule has 2 aromatic rings. The van der Waals surface area contributed by atoms with Crippen molar-refractivity contribution in [3.63, 3.8) is 0 Å². The molecule has 0 bridgehead atoms. The second-order valence-electron chi connectivity index (χ2n) is 5.96. The van der Waals surface area contributed by atoms with Crippen LogP contribution in [-0.4, -0.2) is 51.0 Å². The number of esters is 1. The number of rotatable bonds is 8. The third-order valence-electron chi connectivity index (χ3n) is 4.08. The number of amides is 2. The number of carbonyl (C=O) groups excluding carboxylic acids is 3. The lowest BCUT2D eigenvalue weighted by atomic mass is 10.1. The van der Waals surface area contributed by atoms with Gasteiger partial charge in [0.1, 0.15) is 12.3 Å². The molecule has 0 radical (unpaired) electrons. The van der Waals surface area contributed by atoms with E-state index < -0.39 is 41.1 Å². The van der Waals surface area contributed by atoms with Gasteiger partial charge in [-0.25, -0.2) is 13.3 Å². The number of carbonyl (C=O) groups is 3. The Bertz CT molecular complexity index is 1010. The van der Waals surface area contributed by atoms with Crippen molar-refractivity contribution < 1.29 is 32.3 Å². The van der Waals surface area contributed by atoms with Crippen molar-refractivity contribution in [2.24, 2.45) is 0 Å². The first-order valence-corrected chi connectivity index (χ1v) is 10.1. The summed E-state index contributed by atoms with van der Waals surface area (Å²) < 4.78 is 36.7. The second-order valence-corrected chi connectivity index (χ2v) is 7.73. The smallest absolute Gasteiger partial charge is 0.322 e. The highest BCUT2D eigenvalue weighted by Gasteiger charge is 2.35. The zero-order valence-corrected chi connectivity index (χ0v) is 16.3. The van der Waals surface area contributed by atoms with Gasteiger partial charge in [0, 0.05) is 0 Å². The van der Waals surface area contributed by atoms with Crippen LogP contribution < -0.4 is 9.46 Å². The highest BCUT2D eigenvalue weighted by Crippen LogP contribution is 2.22. The van der Waals surface area contributed by atoms with E-state index in [1.54, 1.807) is 19.1 Å². The molecule has 1 aliphatic heterocycles. The molecule has 0 saturated heterocycles. The van der Waals surface area contributed by atoms with Gasteiger partial charge in [-0.2, -0.15) is 4.72 Å². The molecule has 29 heavy (non-hydrogen) atoms. The summed E-state index contributed by atoms with van der Waals surface area (Å²) in [6.07, 6.45) is 0. The van der Waals surface area contributed by atoms with Gasteiger partial charge in [-0.1, -0.05) is 12.1 Å². The number of fused-ring (bicyclic) bond motifs is 1. The number of imide groups is 1. The zero-order valence-electron chi connectivity index (χ0n) is 15.5. The fraction of sp³-hybridized carbons (Fsp3) is 0.211. The quantitative estimate of drug-likeness (QED) is 0.505. The number of benzene rings is 2. The maximum absolute atomic E-state index is 12.2. The number of hydrogen-bond donors (Lipinski definition) is 1. The van der Waals surface area contributed by atoms with Crippen LogP contribution in [0.2, 0.25) is 0 Å². The molecule has 2 aromatic carbocycles. The molecule has 0 fully saturated rings. The molecule has 1 heterocycles. The first-order chi connectivity index (χ1) is 13.8. The minimum absolute atomic E-state index is 0.0471. The van der Waals surface area contributed by atoms with Crippen molar-refractivity contribution in [3.05, 3.63) is 59.7 Å². The molecule has 0 saturated carbocycles. The predicted molar refractivity (Wildman–Crippen MR) is 101 cm³/mol. The zero-order chi connectivity index (χ0) is 21.0. The molecule has 0 unspecified atom stereocenters. The lowest BCUT2D eigenvalue weighted by Gasteiger charge is -2.14. The fourth-order valence-electron chi connectivity index (χ4n) is 2.66. The second kappa shape index (κ2) is 8.41. The minimum Gasteiger partial charge on any atom is -0.494 e. The highest BCUT2D eigenvalue weighted by molar-refractivity contribution is 7.89. The fourth-order valence-corrected chi connectivity index (χ4v) is 3.63. The molecule has 0 atom stereocenters. The van der Waals surface area contributed by atoms with Gasteiger partial charge in [0.05, 0.1) is 22.6 Å². The van der Waals surface area contributed by atoms with Crippen molar-refractivity contribution in [1.82, 2.24) is 9.62 Å². The first kappa shape index (κ1) is 20.5. The van der Waals surface area contributed by atoms with Crippen molar-refractivity contribution in [1.29, 1.82) is 0 Å². The van der Waals surface area contributed by atoms with Crippen LogP contribution in [0, 0.1) is 0 Å². The summed E-state index contributed by atoms with van der Waals surface area (Å²) in [5, 5.41) is 0. The predicted octanol–water partition coefficient (Wildman–Crippen LogP) is 1.16. The maximum Gasteiger partial charge on any atom is 0.322 e. The van der Waals surface area contributed by atoms with Crippen molar-refractivity contribution in [2.75, 3.05) is 19.9 Å². The third-order valence-corrected chi connectivity index (χ3v) is 5.50. The molecule has 2 amide bonds. The van der Waals surface area contributed by atoms with E-state index in [-0.39, 0.29) is 16.0 Å². The SMILES string of the molecule is CCOc1ccc(S(=O)(=O)NCC(=O)OCN2C(=O)c3ccccc3C2=O)cc1. The highest BCUT2D eigenvalue weighted by atomic mass is 32.2. The van der Waals surface area contributed by atoms with Crippen LogP contribution in [0.1, 0.15) is 27.6 Å². The molecule has 0 aliphatic carbocycles. The Labute approximate surface area is 167 Å². The van der Waals surface area contributed by atoms with Crippen LogP contribution >= 0.6 is 0 Å². The minimum atomic E-state index is -3.94. The average molecular weight is 418 g/mol. The van der Waals surface area contributed by atoms with Gasteiger partial charge in [0.15, 0.2) is 6.73 Å². The van der Waals surface area contributed by atoms with Gasteiger partial charge in [-0.15, -0.1) is 0 Å². The number of ether oxygens (including phenoxy) is 2. The Morgan fingerprint density at radius 3 is 2.14 bits per heavy atom. The molecule has 10 heteroatoms. The van der Waals surface area contributed by atoms with Crippen LogP contribution in [-0.2, 0) is 19.6 Å². The van der Waals surface area contributed by atoms with Crippen LogP contribution in [0.25, 0.3) is 0 Å². The summed E-state index contributed by atoms with van der Waals surface area (Å²) in [4.78, 5) is 37.0. The van der Waals surface area contributed by atoms with Crippen LogP contribution in [0.4, 0.5) is 0 Å². The number of nitrogens with one attached hydrogen (secondary N) is 1. The molecule has 152 valence electrons. The molecular weight excluding hydrogens is 400 g/mol. The van der Waals surface area contributed by atoms with Crippen molar-refractivity contribution >= 4 is 27.8 Å². The van der Waals surface area contributed by atoms with Crippen LogP contribution in [0.5, 0.6) is 5.75 Å². The van der Waals surface area contributed by atoms with Gasteiger partial charge in [-0.3, -0.25) is 14.4 Å². The monoisotopic (exact) mass is 418 g/mol. The average Bonchev–Trinajstić information content (AvgIpc) is 2.96. The van der Waals surface area contributed by atoms with Crippen molar-refractivity contribution in [2.45, 2.75) is 11.8 Å². The summed E-state index contributed by atoms with van der Waals surface area (Å²) in [7, 11) is -3.94. The molecule has 9 nitrogen and oxygen atoms in total. The largest absolute Gasteiger partial charge is 0.494 e. The van der Waals surface area contributed by atoms with Crippen molar-refractivity contribution in [3.8, 4) is 5.75 Å². The topological polar surface area (TPSA) is 119 Å². The van der Waals surface area contributed by atoms with E-state index in [0.717, 1.165) is 4.90 Å². The molecule has 0 spiro atoms. The Morgan fingerprint density at radius 2 is 1.59 bits per heavy atom. The van der Waals surface area contributed by atoms with E-state index in [0.29, 0.717) is 12.4 Å². The lowest BCUT2D eigenvalue weighted by molar-refractivity contribution is -0.144. The Morgan fingerprint density at radius 1 is 1.00 bits per heavy atom.